The van der Waals surface area contributed by atoms with Gasteiger partial charge in [-0.1, -0.05) is 0 Å². The van der Waals surface area contributed by atoms with Crippen LogP contribution in [0.2, 0.25) is 0 Å². The van der Waals surface area contributed by atoms with E-state index in [1.807, 2.05) is 6.07 Å². The molecule has 0 saturated heterocycles. The lowest BCUT2D eigenvalue weighted by Crippen LogP contribution is -2.08. The number of ether oxygens (including phenoxy) is 1. The van der Waals surface area contributed by atoms with Crippen LogP contribution in [-0.4, -0.2) is 24.1 Å². The SMILES string of the molecule is CCOC(=O)c1cnc2c(c1)CCCCN2. The molecular weight excluding hydrogens is 204 g/mol. The number of hydrogen-bond donors (Lipinski definition) is 1. The molecule has 0 amide bonds. The van der Waals surface area contributed by atoms with E-state index in [-0.39, 0.29) is 5.97 Å². The minimum atomic E-state index is -0.290. The second-order valence-corrected chi connectivity index (χ2v) is 3.84. The molecule has 0 aromatic carbocycles. The van der Waals surface area contributed by atoms with E-state index >= 15 is 0 Å². The van der Waals surface area contributed by atoms with Crippen LogP contribution in [0.15, 0.2) is 12.3 Å². The van der Waals surface area contributed by atoms with Crippen molar-refractivity contribution >= 4 is 11.8 Å². The highest BCUT2D eigenvalue weighted by molar-refractivity contribution is 5.89. The van der Waals surface area contributed by atoms with E-state index < -0.39 is 0 Å². The van der Waals surface area contributed by atoms with Gasteiger partial charge in [0, 0.05) is 12.7 Å². The molecule has 0 radical (unpaired) electrons. The predicted molar refractivity (Wildman–Crippen MR) is 61.6 cm³/mol. The van der Waals surface area contributed by atoms with E-state index in [0.29, 0.717) is 12.2 Å². The number of carbonyl (C=O) groups is 1. The maximum atomic E-state index is 11.5. The van der Waals surface area contributed by atoms with Gasteiger partial charge in [-0.25, -0.2) is 9.78 Å². The summed E-state index contributed by atoms with van der Waals surface area (Å²) in [4.78, 5) is 15.8. The molecule has 1 N–H and O–H groups in total. The molecule has 0 bridgehead atoms. The van der Waals surface area contributed by atoms with Crippen molar-refractivity contribution in [2.45, 2.75) is 26.2 Å². The standard InChI is InChI=1S/C12H16N2O2/c1-2-16-12(15)10-7-9-5-3-4-6-13-11(9)14-8-10/h7-8H,2-6H2,1H3,(H,13,14). The Bertz CT molecular complexity index is 391. The number of anilines is 1. The van der Waals surface area contributed by atoms with Gasteiger partial charge in [-0.2, -0.15) is 0 Å². The summed E-state index contributed by atoms with van der Waals surface area (Å²) in [5.74, 6) is 0.618. The lowest BCUT2D eigenvalue weighted by atomic mass is 10.1. The number of nitrogens with one attached hydrogen (secondary N) is 1. The van der Waals surface area contributed by atoms with Gasteiger partial charge in [-0.15, -0.1) is 0 Å². The number of aryl methyl sites for hydroxylation is 1. The molecule has 2 heterocycles. The summed E-state index contributed by atoms with van der Waals surface area (Å²) < 4.78 is 4.95. The highest BCUT2D eigenvalue weighted by atomic mass is 16.5. The third-order valence-corrected chi connectivity index (χ3v) is 2.64. The quantitative estimate of drug-likeness (QED) is 0.774. The second-order valence-electron chi connectivity index (χ2n) is 3.84. The van der Waals surface area contributed by atoms with Crippen molar-refractivity contribution in [3.8, 4) is 0 Å². The molecule has 0 aliphatic carbocycles. The topological polar surface area (TPSA) is 51.2 Å². The zero-order chi connectivity index (χ0) is 11.4. The van der Waals surface area contributed by atoms with Crippen molar-refractivity contribution in [1.82, 2.24) is 4.98 Å². The van der Waals surface area contributed by atoms with E-state index in [1.54, 1.807) is 13.1 Å². The molecule has 2 rings (SSSR count). The average molecular weight is 220 g/mol. The monoisotopic (exact) mass is 220 g/mol. The van der Waals surface area contributed by atoms with Crippen LogP contribution in [0.3, 0.4) is 0 Å². The molecule has 4 nitrogen and oxygen atoms in total. The molecule has 1 aliphatic rings. The molecule has 0 unspecified atom stereocenters. The third-order valence-electron chi connectivity index (χ3n) is 2.64. The van der Waals surface area contributed by atoms with Gasteiger partial charge in [0.05, 0.1) is 12.2 Å². The molecule has 16 heavy (non-hydrogen) atoms. The van der Waals surface area contributed by atoms with E-state index in [0.717, 1.165) is 37.2 Å². The molecule has 0 spiro atoms. The summed E-state index contributed by atoms with van der Waals surface area (Å²) >= 11 is 0. The summed E-state index contributed by atoms with van der Waals surface area (Å²) in [6.45, 7) is 3.16. The number of nitrogens with zero attached hydrogens (tertiary/aromatic N) is 1. The molecule has 0 fully saturated rings. The number of pyridine rings is 1. The maximum absolute atomic E-state index is 11.5. The number of rotatable bonds is 2. The Labute approximate surface area is 95.0 Å². The van der Waals surface area contributed by atoms with Crippen LogP contribution in [0.4, 0.5) is 5.82 Å². The average Bonchev–Trinajstić information content (AvgIpc) is 2.53. The predicted octanol–water partition coefficient (Wildman–Crippen LogP) is 2.01. The van der Waals surface area contributed by atoms with Gasteiger partial charge in [-0.3, -0.25) is 0 Å². The van der Waals surface area contributed by atoms with Crippen LogP contribution in [-0.2, 0) is 11.2 Å². The summed E-state index contributed by atoms with van der Waals surface area (Å²) in [5, 5.41) is 3.26. The Hall–Kier alpha value is -1.58. The van der Waals surface area contributed by atoms with Crippen LogP contribution >= 0.6 is 0 Å². The number of carbonyl (C=O) groups excluding carboxylic acids is 1. The fourth-order valence-electron chi connectivity index (χ4n) is 1.83. The van der Waals surface area contributed by atoms with Gasteiger partial charge in [0.2, 0.25) is 0 Å². The first-order valence-corrected chi connectivity index (χ1v) is 5.71. The van der Waals surface area contributed by atoms with E-state index in [4.69, 9.17) is 4.74 Å². The number of esters is 1. The Kier molecular flexibility index (Phi) is 3.39. The number of aromatic nitrogens is 1. The van der Waals surface area contributed by atoms with Crippen LogP contribution in [0.25, 0.3) is 0 Å². The Morgan fingerprint density at radius 1 is 1.56 bits per heavy atom. The number of fused-ring (bicyclic) bond motifs is 1. The first kappa shape index (κ1) is 10.9. The van der Waals surface area contributed by atoms with E-state index in [2.05, 4.69) is 10.3 Å². The second kappa shape index (κ2) is 4.96. The molecule has 1 aromatic rings. The van der Waals surface area contributed by atoms with Crippen molar-refractivity contribution in [1.29, 1.82) is 0 Å². The minimum Gasteiger partial charge on any atom is -0.462 e. The summed E-state index contributed by atoms with van der Waals surface area (Å²) in [5.41, 5.74) is 1.66. The van der Waals surface area contributed by atoms with Gasteiger partial charge in [0.1, 0.15) is 5.82 Å². The van der Waals surface area contributed by atoms with Crippen molar-refractivity contribution < 1.29 is 9.53 Å². The zero-order valence-electron chi connectivity index (χ0n) is 9.45. The van der Waals surface area contributed by atoms with Gasteiger partial charge >= 0.3 is 5.97 Å². The largest absolute Gasteiger partial charge is 0.462 e. The first-order chi connectivity index (χ1) is 7.81. The smallest absolute Gasteiger partial charge is 0.339 e. The van der Waals surface area contributed by atoms with Crippen molar-refractivity contribution in [2.75, 3.05) is 18.5 Å². The molecule has 86 valence electrons. The first-order valence-electron chi connectivity index (χ1n) is 5.71. The minimum absolute atomic E-state index is 0.290. The van der Waals surface area contributed by atoms with E-state index in [9.17, 15) is 4.79 Å². The third kappa shape index (κ3) is 2.32. The van der Waals surface area contributed by atoms with Crippen LogP contribution in [0.1, 0.15) is 35.7 Å². The normalized spacial score (nSPS) is 14.6. The lowest BCUT2D eigenvalue weighted by molar-refractivity contribution is 0.0526. The Balaban J connectivity index is 2.23. The van der Waals surface area contributed by atoms with Gasteiger partial charge in [0.25, 0.3) is 0 Å². The maximum Gasteiger partial charge on any atom is 0.339 e. The molecule has 1 aromatic heterocycles. The van der Waals surface area contributed by atoms with E-state index in [1.165, 1.54) is 0 Å². The molecular formula is C12H16N2O2. The molecule has 4 heteroatoms. The lowest BCUT2D eigenvalue weighted by Gasteiger charge is -2.08. The summed E-state index contributed by atoms with van der Waals surface area (Å²) in [6, 6.07) is 1.89. The van der Waals surface area contributed by atoms with Gasteiger partial charge in [0.15, 0.2) is 0 Å². The van der Waals surface area contributed by atoms with Crippen molar-refractivity contribution in [2.24, 2.45) is 0 Å². The molecule has 0 saturated carbocycles. The summed E-state index contributed by atoms with van der Waals surface area (Å²) in [6.07, 6.45) is 4.83. The van der Waals surface area contributed by atoms with Crippen LogP contribution in [0.5, 0.6) is 0 Å². The number of hydrogen-bond acceptors (Lipinski definition) is 4. The highest BCUT2D eigenvalue weighted by Gasteiger charge is 2.13. The van der Waals surface area contributed by atoms with Crippen molar-refractivity contribution in [3.05, 3.63) is 23.4 Å². The van der Waals surface area contributed by atoms with Crippen LogP contribution in [0, 0.1) is 0 Å². The zero-order valence-corrected chi connectivity index (χ0v) is 9.45. The Morgan fingerprint density at radius 3 is 3.25 bits per heavy atom. The molecule has 1 aliphatic heterocycles. The van der Waals surface area contributed by atoms with Crippen molar-refractivity contribution in [3.63, 3.8) is 0 Å². The Morgan fingerprint density at radius 2 is 2.44 bits per heavy atom. The highest BCUT2D eigenvalue weighted by Crippen LogP contribution is 2.20. The molecule has 0 atom stereocenters. The van der Waals surface area contributed by atoms with Gasteiger partial charge in [-0.05, 0) is 37.8 Å². The van der Waals surface area contributed by atoms with Crippen LogP contribution < -0.4 is 5.32 Å². The fourth-order valence-corrected chi connectivity index (χ4v) is 1.83. The van der Waals surface area contributed by atoms with Gasteiger partial charge < -0.3 is 10.1 Å². The fraction of sp³-hybridized carbons (Fsp3) is 0.500. The summed E-state index contributed by atoms with van der Waals surface area (Å²) in [7, 11) is 0.